The fourth-order valence-corrected chi connectivity index (χ4v) is 2.65. The average Bonchev–Trinajstić information content (AvgIpc) is 2.88. The molecule has 0 saturated heterocycles. The second-order valence-electron chi connectivity index (χ2n) is 5.18. The van der Waals surface area contributed by atoms with Gasteiger partial charge in [0, 0.05) is 18.5 Å². The SMILES string of the molecule is CCOC(=O)C(C)(C)c1csc(N(C)C(C)CC#N)n1. The third kappa shape index (κ3) is 3.48. The van der Waals surface area contributed by atoms with Crippen molar-refractivity contribution in [1.82, 2.24) is 4.98 Å². The molecule has 6 heteroatoms. The molecule has 1 unspecified atom stereocenters. The molecule has 5 nitrogen and oxygen atoms in total. The summed E-state index contributed by atoms with van der Waals surface area (Å²) in [5.41, 5.74) is -0.0590. The molecule has 0 saturated carbocycles. The summed E-state index contributed by atoms with van der Waals surface area (Å²) in [5.74, 6) is -0.274. The number of esters is 1. The number of carbonyl (C=O) groups excluding carboxylic acids is 1. The van der Waals surface area contributed by atoms with E-state index in [-0.39, 0.29) is 12.0 Å². The highest BCUT2D eigenvalue weighted by molar-refractivity contribution is 7.13. The molecule has 1 rings (SSSR count). The van der Waals surface area contributed by atoms with Crippen molar-refractivity contribution in [3.63, 3.8) is 0 Å². The Morgan fingerprint density at radius 1 is 1.65 bits per heavy atom. The summed E-state index contributed by atoms with van der Waals surface area (Å²) >= 11 is 1.47. The van der Waals surface area contributed by atoms with Gasteiger partial charge in [-0.25, -0.2) is 4.98 Å². The van der Waals surface area contributed by atoms with E-state index in [0.29, 0.717) is 18.7 Å². The zero-order chi connectivity index (χ0) is 15.3. The number of thiazole rings is 1. The van der Waals surface area contributed by atoms with E-state index in [9.17, 15) is 4.79 Å². The van der Waals surface area contributed by atoms with Gasteiger partial charge < -0.3 is 9.64 Å². The van der Waals surface area contributed by atoms with Crippen molar-refractivity contribution >= 4 is 22.4 Å². The average molecular weight is 295 g/mol. The van der Waals surface area contributed by atoms with Gasteiger partial charge in [0.25, 0.3) is 0 Å². The smallest absolute Gasteiger partial charge is 0.317 e. The molecule has 0 amide bonds. The number of ether oxygens (including phenoxy) is 1. The molecular weight excluding hydrogens is 274 g/mol. The molecular formula is C14H21N3O2S. The van der Waals surface area contributed by atoms with E-state index in [0.717, 1.165) is 5.13 Å². The first-order valence-electron chi connectivity index (χ1n) is 6.57. The molecule has 0 aromatic carbocycles. The van der Waals surface area contributed by atoms with E-state index in [1.165, 1.54) is 11.3 Å². The lowest BCUT2D eigenvalue weighted by Gasteiger charge is -2.23. The van der Waals surface area contributed by atoms with Gasteiger partial charge in [-0.3, -0.25) is 4.79 Å². The third-order valence-electron chi connectivity index (χ3n) is 3.27. The van der Waals surface area contributed by atoms with Crippen molar-refractivity contribution in [3.8, 4) is 6.07 Å². The number of aromatic nitrogens is 1. The van der Waals surface area contributed by atoms with Crippen molar-refractivity contribution in [2.24, 2.45) is 0 Å². The predicted octanol–water partition coefficient (Wildman–Crippen LogP) is 2.72. The maximum atomic E-state index is 12.0. The van der Waals surface area contributed by atoms with Gasteiger partial charge in [-0.05, 0) is 27.7 Å². The Balaban J connectivity index is 2.92. The van der Waals surface area contributed by atoms with Gasteiger partial charge in [0.2, 0.25) is 0 Å². The number of nitrogens with zero attached hydrogens (tertiary/aromatic N) is 3. The van der Waals surface area contributed by atoms with Crippen LogP contribution in [0.4, 0.5) is 5.13 Å². The fraction of sp³-hybridized carbons (Fsp3) is 0.643. The number of carbonyl (C=O) groups is 1. The van der Waals surface area contributed by atoms with Crippen LogP contribution in [0.15, 0.2) is 5.38 Å². The van der Waals surface area contributed by atoms with Crippen molar-refractivity contribution < 1.29 is 9.53 Å². The molecule has 0 radical (unpaired) electrons. The Bertz CT molecular complexity index is 505. The molecule has 0 spiro atoms. The Morgan fingerprint density at radius 2 is 2.30 bits per heavy atom. The van der Waals surface area contributed by atoms with Crippen LogP contribution in [-0.2, 0) is 14.9 Å². The predicted molar refractivity (Wildman–Crippen MR) is 79.9 cm³/mol. The van der Waals surface area contributed by atoms with Crippen LogP contribution in [0.2, 0.25) is 0 Å². The number of hydrogen-bond acceptors (Lipinski definition) is 6. The maximum absolute atomic E-state index is 12.0. The summed E-state index contributed by atoms with van der Waals surface area (Å²) in [5, 5.41) is 11.4. The molecule has 0 aliphatic carbocycles. The van der Waals surface area contributed by atoms with E-state index < -0.39 is 5.41 Å². The van der Waals surface area contributed by atoms with Gasteiger partial charge in [-0.15, -0.1) is 11.3 Å². The van der Waals surface area contributed by atoms with E-state index in [1.54, 1.807) is 6.92 Å². The topological polar surface area (TPSA) is 66.2 Å². The van der Waals surface area contributed by atoms with Crippen LogP contribution in [-0.4, -0.2) is 30.6 Å². The van der Waals surface area contributed by atoms with Gasteiger partial charge in [0.15, 0.2) is 5.13 Å². The van der Waals surface area contributed by atoms with Crippen LogP contribution < -0.4 is 4.90 Å². The van der Waals surface area contributed by atoms with Gasteiger partial charge in [0.05, 0.1) is 24.8 Å². The van der Waals surface area contributed by atoms with Crippen molar-refractivity contribution in [1.29, 1.82) is 5.26 Å². The second-order valence-corrected chi connectivity index (χ2v) is 6.02. The monoisotopic (exact) mass is 295 g/mol. The Hall–Kier alpha value is -1.61. The highest BCUT2D eigenvalue weighted by atomic mass is 32.1. The summed E-state index contributed by atoms with van der Waals surface area (Å²) in [6.07, 6.45) is 0.437. The first-order chi connectivity index (χ1) is 9.34. The molecule has 0 bridgehead atoms. The van der Waals surface area contributed by atoms with Gasteiger partial charge in [-0.2, -0.15) is 5.26 Å². The summed E-state index contributed by atoms with van der Waals surface area (Å²) in [6.45, 7) is 7.74. The highest BCUT2D eigenvalue weighted by Crippen LogP contribution is 2.30. The number of rotatable bonds is 6. The lowest BCUT2D eigenvalue weighted by Crippen LogP contribution is -2.32. The summed E-state index contributed by atoms with van der Waals surface area (Å²) in [6, 6.07) is 2.24. The van der Waals surface area contributed by atoms with E-state index in [4.69, 9.17) is 10.00 Å². The molecule has 1 atom stereocenters. The standard InChI is InChI=1S/C14H21N3O2S/c1-6-19-12(18)14(3,4)11-9-20-13(16-11)17(5)10(2)7-8-15/h9-10H,6-7H2,1-5H3. The third-order valence-corrected chi connectivity index (χ3v) is 4.20. The number of hydrogen-bond donors (Lipinski definition) is 0. The van der Waals surface area contributed by atoms with Crippen LogP contribution in [0.5, 0.6) is 0 Å². The van der Waals surface area contributed by atoms with Gasteiger partial charge in [-0.1, -0.05) is 0 Å². The van der Waals surface area contributed by atoms with Crippen LogP contribution in [0, 0.1) is 11.3 Å². The van der Waals surface area contributed by atoms with Gasteiger partial charge in [0.1, 0.15) is 5.41 Å². The first kappa shape index (κ1) is 16.4. The van der Waals surface area contributed by atoms with E-state index >= 15 is 0 Å². The van der Waals surface area contributed by atoms with E-state index in [1.807, 2.05) is 38.1 Å². The zero-order valence-corrected chi connectivity index (χ0v) is 13.5. The number of nitriles is 1. The Kier molecular flexibility index (Phi) is 5.52. The van der Waals surface area contributed by atoms with Crippen molar-refractivity contribution in [2.75, 3.05) is 18.6 Å². The fourth-order valence-electron chi connectivity index (χ4n) is 1.59. The minimum Gasteiger partial charge on any atom is -0.465 e. The van der Waals surface area contributed by atoms with Crippen LogP contribution in [0.1, 0.15) is 39.8 Å². The molecule has 20 heavy (non-hydrogen) atoms. The quantitative estimate of drug-likeness (QED) is 0.755. The Labute approximate surface area is 124 Å². The molecule has 0 aliphatic heterocycles. The Morgan fingerprint density at radius 3 is 2.85 bits per heavy atom. The summed E-state index contributed by atoms with van der Waals surface area (Å²) < 4.78 is 5.09. The van der Waals surface area contributed by atoms with Crippen molar-refractivity contribution in [3.05, 3.63) is 11.1 Å². The van der Waals surface area contributed by atoms with E-state index in [2.05, 4.69) is 11.1 Å². The highest BCUT2D eigenvalue weighted by Gasteiger charge is 2.34. The summed E-state index contributed by atoms with van der Waals surface area (Å²) in [7, 11) is 1.90. The molecule has 110 valence electrons. The van der Waals surface area contributed by atoms with Crippen LogP contribution >= 0.6 is 11.3 Å². The van der Waals surface area contributed by atoms with Crippen molar-refractivity contribution in [2.45, 2.75) is 45.6 Å². The summed E-state index contributed by atoms with van der Waals surface area (Å²) in [4.78, 5) is 18.4. The largest absolute Gasteiger partial charge is 0.465 e. The number of anilines is 1. The normalized spacial score (nSPS) is 12.6. The lowest BCUT2D eigenvalue weighted by molar-refractivity contribution is -0.148. The lowest BCUT2D eigenvalue weighted by atomic mass is 9.90. The first-order valence-corrected chi connectivity index (χ1v) is 7.45. The maximum Gasteiger partial charge on any atom is 0.317 e. The minimum atomic E-state index is -0.760. The molecule has 0 aliphatic rings. The van der Waals surface area contributed by atoms with Gasteiger partial charge >= 0.3 is 5.97 Å². The zero-order valence-electron chi connectivity index (χ0n) is 12.6. The minimum absolute atomic E-state index is 0.0877. The molecule has 1 aromatic heterocycles. The molecule has 0 N–H and O–H groups in total. The molecule has 1 aromatic rings. The van der Waals surface area contributed by atoms with Crippen LogP contribution in [0.25, 0.3) is 0 Å². The second kappa shape index (κ2) is 6.71. The molecule has 1 heterocycles. The molecule has 0 fully saturated rings. The van der Waals surface area contributed by atoms with Crippen LogP contribution in [0.3, 0.4) is 0 Å².